The number of aromatic nitrogens is 1. The molecule has 2 aromatic carbocycles. The Bertz CT molecular complexity index is 907. The monoisotopic (exact) mass is 360 g/mol. The maximum absolute atomic E-state index is 12.2. The molecule has 0 fully saturated rings. The van der Waals surface area contributed by atoms with Crippen LogP contribution in [-0.4, -0.2) is 10.9 Å². The number of hydrogen-bond acceptors (Lipinski definition) is 3. The van der Waals surface area contributed by atoms with Gasteiger partial charge in [-0.1, -0.05) is 35.9 Å². The molecule has 1 heterocycles. The van der Waals surface area contributed by atoms with Crippen molar-refractivity contribution in [3.05, 3.63) is 89.2 Å². The second-order valence-corrected chi connectivity index (χ2v) is 6.62. The molecule has 0 radical (unpaired) electrons. The normalized spacial score (nSPS) is 10.4. The number of aryl methyl sites for hydroxylation is 3. The van der Waals surface area contributed by atoms with Crippen LogP contribution in [0.5, 0.6) is 5.75 Å². The lowest BCUT2D eigenvalue weighted by molar-refractivity contribution is -0.116. The van der Waals surface area contributed by atoms with Crippen LogP contribution in [0.4, 0.5) is 5.69 Å². The Hall–Kier alpha value is -3.14. The van der Waals surface area contributed by atoms with E-state index >= 15 is 0 Å². The number of carbonyl (C=O) groups excluding carboxylic acids is 1. The predicted octanol–water partition coefficient (Wildman–Crippen LogP) is 4.85. The molecule has 0 atom stereocenters. The summed E-state index contributed by atoms with van der Waals surface area (Å²) in [4.78, 5) is 16.4. The van der Waals surface area contributed by atoms with Crippen molar-refractivity contribution in [2.75, 3.05) is 5.32 Å². The zero-order chi connectivity index (χ0) is 19.1. The van der Waals surface area contributed by atoms with Gasteiger partial charge in [0.15, 0.2) is 0 Å². The van der Waals surface area contributed by atoms with Crippen LogP contribution in [0.3, 0.4) is 0 Å². The molecule has 1 N–H and O–H groups in total. The molecular weight excluding hydrogens is 336 g/mol. The molecule has 0 aliphatic carbocycles. The van der Waals surface area contributed by atoms with E-state index in [1.807, 2.05) is 49.4 Å². The van der Waals surface area contributed by atoms with Crippen molar-refractivity contribution < 1.29 is 9.53 Å². The molecule has 0 spiro atoms. The van der Waals surface area contributed by atoms with Crippen LogP contribution < -0.4 is 10.1 Å². The molecule has 27 heavy (non-hydrogen) atoms. The van der Waals surface area contributed by atoms with Crippen LogP contribution >= 0.6 is 0 Å². The highest BCUT2D eigenvalue weighted by Crippen LogP contribution is 2.22. The Labute approximate surface area is 160 Å². The van der Waals surface area contributed by atoms with E-state index in [0.717, 1.165) is 28.3 Å². The quantitative estimate of drug-likeness (QED) is 0.655. The third-order valence-corrected chi connectivity index (χ3v) is 4.29. The first-order chi connectivity index (χ1) is 13.1. The fourth-order valence-electron chi connectivity index (χ4n) is 2.84. The van der Waals surface area contributed by atoms with Gasteiger partial charge in [0.1, 0.15) is 12.4 Å². The molecule has 3 rings (SSSR count). The number of benzene rings is 2. The summed E-state index contributed by atoms with van der Waals surface area (Å²) in [5.41, 5.74) is 5.06. The van der Waals surface area contributed by atoms with Crippen LogP contribution in [-0.2, 0) is 17.8 Å². The molecule has 138 valence electrons. The van der Waals surface area contributed by atoms with Crippen LogP contribution in [0.1, 0.15) is 28.8 Å². The summed E-state index contributed by atoms with van der Waals surface area (Å²) in [6.07, 6.45) is 2.78. The third-order valence-electron chi connectivity index (χ3n) is 4.29. The van der Waals surface area contributed by atoms with Gasteiger partial charge in [0.05, 0.1) is 0 Å². The largest absolute Gasteiger partial charge is 0.489 e. The minimum atomic E-state index is -0.0165. The number of ether oxygens (including phenoxy) is 1. The average molecular weight is 360 g/mol. The zero-order valence-corrected chi connectivity index (χ0v) is 15.7. The molecule has 0 aliphatic heterocycles. The van der Waals surface area contributed by atoms with E-state index in [2.05, 4.69) is 35.4 Å². The van der Waals surface area contributed by atoms with E-state index in [-0.39, 0.29) is 5.91 Å². The number of rotatable bonds is 7. The highest BCUT2D eigenvalue weighted by molar-refractivity contribution is 5.91. The van der Waals surface area contributed by atoms with Gasteiger partial charge < -0.3 is 10.1 Å². The van der Waals surface area contributed by atoms with Crippen molar-refractivity contribution in [1.29, 1.82) is 0 Å². The summed E-state index contributed by atoms with van der Waals surface area (Å²) < 4.78 is 5.87. The lowest BCUT2D eigenvalue weighted by Gasteiger charge is -2.12. The Balaban J connectivity index is 1.53. The minimum Gasteiger partial charge on any atom is -0.489 e. The number of hydrogen-bond donors (Lipinski definition) is 1. The van der Waals surface area contributed by atoms with Crippen LogP contribution in [0.15, 0.2) is 66.9 Å². The molecule has 4 nitrogen and oxygen atoms in total. The standard InChI is InChI=1S/C23H24N2O2/c1-17-6-5-7-19(14-17)16-27-21-10-11-22(18(2)15-21)25-23(26)12-9-20-8-3-4-13-24-20/h3-8,10-11,13-15H,9,12,16H2,1-2H3,(H,25,26). The van der Waals surface area contributed by atoms with Gasteiger partial charge in [-0.25, -0.2) is 0 Å². The number of nitrogens with one attached hydrogen (secondary N) is 1. The first-order valence-electron chi connectivity index (χ1n) is 9.09. The zero-order valence-electron chi connectivity index (χ0n) is 15.7. The van der Waals surface area contributed by atoms with Crippen molar-refractivity contribution in [3.8, 4) is 5.75 Å². The number of anilines is 1. The van der Waals surface area contributed by atoms with E-state index < -0.39 is 0 Å². The number of carbonyl (C=O) groups is 1. The summed E-state index contributed by atoms with van der Waals surface area (Å²) in [7, 11) is 0. The summed E-state index contributed by atoms with van der Waals surface area (Å²) >= 11 is 0. The molecule has 0 aliphatic rings. The van der Waals surface area contributed by atoms with Gasteiger partial charge in [0.2, 0.25) is 5.91 Å². The maximum Gasteiger partial charge on any atom is 0.224 e. The van der Waals surface area contributed by atoms with Gasteiger partial charge >= 0.3 is 0 Å². The Morgan fingerprint density at radius 2 is 1.93 bits per heavy atom. The number of pyridine rings is 1. The summed E-state index contributed by atoms with van der Waals surface area (Å²) in [6, 6.07) is 19.7. The Morgan fingerprint density at radius 3 is 2.67 bits per heavy atom. The van der Waals surface area contributed by atoms with Gasteiger partial charge in [0, 0.05) is 24.0 Å². The van der Waals surface area contributed by atoms with Crippen LogP contribution in [0.2, 0.25) is 0 Å². The van der Waals surface area contributed by atoms with E-state index in [4.69, 9.17) is 4.74 Å². The van der Waals surface area contributed by atoms with Crippen LogP contribution in [0, 0.1) is 13.8 Å². The first kappa shape index (κ1) is 18.6. The van der Waals surface area contributed by atoms with Gasteiger partial charge in [-0.15, -0.1) is 0 Å². The molecule has 0 saturated heterocycles. The van der Waals surface area contributed by atoms with E-state index in [0.29, 0.717) is 19.4 Å². The number of nitrogens with zero attached hydrogens (tertiary/aromatic N) is 1. The van der Waals surface area contributed by atoms with Crippen molar-refractivity contribution in [1.82, 2.24) is 4.98 Å². The van der Waals surface area contributed by atoms with Gasteiger partial charge in [-0.3, -0.25) is 9.78 Å². The van der Waals surface area contributed by atoms with Crippen molar-refractivity contribution in [2.45, 2.75) is 33.3 Å². The van der Waals surface area contributed by atoms with Crippen LogP contribution in [0.25, 0.3) is 0 Å². The lowest BCUT2D eigenvalue weighted by atomic mass is 10.1. The highest BCUT2D eigenvalue weighted by atomic mass is 16.5. The minimum absolute atomic E-state index is 0.0165. The van der Waals surface area contributed by atoms with Crippen molar-refractivity contribution in [3.63, 3.8) is 0 Å². The Kier molecular flexibility index (Phi) is 6.21. The molecule has 1 aromatic heterocycles. The summed E-state index contributed by atoms with van der Waals surface area (Å²) in [5.74, 6) is 0.776. The number of amides is 1. The van der Waals surface area contributed by atoms with Crippen molar-refractivity contribution in [2.24, 2.45) is 0 Å². The van der Waals surface area contributed by atoms with Crippen molar-refractivity contribution >= 4 is 11.6 Å². The maximum atomic E-state index is 12.2. The average Bonchev–Trinajstić information content (AvgIpc) is 2.67. The van der Waals surface area contributed by atoms with E-state index in [9.17, 15) is 4.79 Å². The van der Waals surface area contributed by atoms with E-state index in [1.54, 1.807) is 6.20 Å². The highest BCUT2D eigenvalue weighted by Gasteiger charge is 2.07. The third kappa shape index (κ3) is 5.68. The molecular formula is C23H24N2O2. The fourth-order valence-corrected chi connectivity index (χ4v) is 2.84. The summed E-state index contributed by atoms with van der Waals surface area (Å²) in [5, 5.41) is 2.97. The first-order valence-corrected chi connectivity index (χ1v) is 9.09. The Morgan fingerprint density at radius 1 is 1.04 bits per heavy atom. The molecule has 3 aromatic rings. The smallest absolute Gasteiger partial charge is 0.224 e. The topological polar surface area (TPSA) is 51.2 Å². The SMILES string of the molecule is Cc1cccc(COc2ccc(NC(=O)CCc3ccccn3)c(C)c2)c1. The second-order valence-electron chi connectivity index (χ2n) is 6.62. The molecule has 0 unspecified atom stereocenters. The van der Waals surface area contributed by atoms with E-state index in [1.165, 1.54) is 5.56 Å². The predicted molar refractivity (Wildman–Crippen MR) is 108 cm³/mol. The molecule has 0 bridgehead atoms. The lowest BCUT2D eigenvalue weighted by Crippen LogP contribution is -2.13. The summed E-state index contributed by atoms with van der Waals surface area (Å²) in [6.45, 7) is 4.56. The second kappa shape index (κ2) is 8.99. The van der Waals surface area contributed by atoms with Gasteiger partial charge in [0.25, 0.3) is 0 Å². The van der Waals surface area contributed by atoms with Gasteiger partial charge in [-0.2, -0.15) is 0 Å². The molecule has 0 saturated carbocycles. The molecule has 1 amide bonds. The van der Waals surface area contributed by atoms with Gasteiger partial charge in [-0.05, 0) is 61.7 Å². The molecule has 4 heteroatoms. The fraction of sp³-hybridized carbons (Fsp3) is 0.217.